The molecule has 0 radical (unpaired) electrons. The first-order valence-corrected chi connectivity index (χ1v) is 9.00. The standard InChI is InChI=1S/C19H19N3OS/c1-14(23)22-12-6-11-21(16-8-3-4-9-17(16)22)13-19-20-15-7-2-5-10-18(15)24-19/h2-5,7-10H,6,11-13H2,1H3. The van der Waals surface area contributed by atoms with Crippen LogP contribution in [-0.2, 0) is 11.3 Å². The Morgan fingerprint density at radius 2 is 1.83 bits per heavy atom. The Balaban J connectivity index is 1.69. The Labute approximate surface area is 145 Å². The third kappa shape index (κ3) is 2.76. The number of amides is 1. The number of para-hydroxylation sites is 3. The van der Waals surface area contributed by atoms with Crippen LogP contribution in [0.2, 0.25) is 0 Å². The summed E-state index contributed by atoms with van der Waals surface area (Å²) in [7, 11) is 0. The Bertz CT molecular complexity index is 856. The summed E-state index contributed by atoms with van der Waals surface area (Å²) >= 11 is 1.75. The molecule has 5 heteroatoms. The third-order valence-electron chi connectivity index (χ3n) is 4.37. The van der Waals surface area contributed by atoms with Crippen molar-refractivity contribution in [3.05, 3.63) is 53.5 Å². The van der Waals surface area contributed by atoms with Gasteiger partial charge in [0.15, 0.2) is 0 Å². The lowest BCUT2D eigenvalue weighted by Crippen LogP contribution is -2.28. The van der Waals surface area contributed by atoms with Crippen molar-refractivity contribution < 1.29 is 4.79 Å². The van der Waals surface area contributed by atoms with Gasteiger partial charge in [-0.25, -0.2) is 4.98 Å². The second-order valence-corrected chi connectivity index (χ2v) is 7.13. The molecule has 1 aliphatic heterocycles. The summed E-state index contributed by atoms with van der Waals surface area (Å²) in [4.78, 5) is 21.0. The first-order chi connectivity index (χ1) is 11.7. The number of hydrogen-bond donors (Lipinski definition) is 0. The van der Waals surface area contributed by atoms with Crippen molar-refractivity contribution >= 4 is 38.8 Å². The summed E-state index contributed by atoms with van der Waals surface area (Å²) in [6.07, 6.45) is 0.957. The van der Waals surface area contributed by atoms with Crippen molar-refractivity contribution in [3.8, 4) is 0 Å². The van der Waals surface area contributed by atoms with Gasteiger partial charge < -0.3 is 9.80 Å². The number of rotatable bonds is 2. The summed E-state index contributed by atoms with van der Waals surface area (Å²) in [6, 6.07) is 16.4. The first-order valence-electron chi connectivity index (χ1n) is 8.19. The fourth-order valence-corrected chi connectivity index (χ4v) is 4.25. The SMILES string of the molecule is CC(=O)N1CCCN(Cc2nc3ccccc3s2)c2ccccc21. The van der Waals surface area contributed by atoms with Crippen LogP contribution in [0.3, 0.4) is 0 Å². The fourth-order valence-electron chi connectivity index (χ4n) is 3.26. The number of benzene rings is 2. The van der Waals surface area contributed by atoms with Crippen LogP contribution in [0.15, 0.2) is 48.5 Å². The molecule has 1 aromatic heterocycles. The molecule has 2 aromatic carbocycles. The molecule has 0 bridgehead atoms. The Hall–Kier alpha value is -2.40. The maximum absolute atomic E-state index is 12.0. The van der Waals surface area contributed by atoms with Crippen molar-refractivity contribution in [3.63, 3.8) is 0 Å². The lowest BCUT2D eigenvalue weighted by Gasteiger charge is -2.25. The Kier molecular flexibility index (Phi) is 3.94. The molecule has 122 valence electrons. The van der Waals surface area contributed by atoms with E-state index in [0.717, 1.165) is 48.0 Å². The van der Waals surface area contributed by atoms with Gasteiger partial charge in [-0.2, -0.15) is 0 Å². The van der Waals surface area contributed by atoms with E-state index in [0.29, 0.717) is 0 Å². The molecule has 0 unspecified atom stereocenters. The Morgan fingerprint density at radius 3 is 2.62 bits per heavy atom. The number of carbonyl (C=O) groups is 1. The van der Waals surface area contributed by atoms with Crippen LogP contribution in [0.4, 0.5) is 11.4 Å². The molecule has 1 aliphatic rings. The minimum Gasteiger partial charge on any atom is -0.363 e. The monoisotopic (exact) mass is 337 g/mol. The minimum absolute atomic E-state index is 0.101. The average molecular weight is 337 g/mol. The minimum atomic E-state index is 0.101. The summed E-state index contributed by atoms with van der Waals surface area (Å²) in [5, 5.41) is 1.11. The molecular weight excluding hydrogens is 318 g/mol. The summed E-state index contributed by atoms with van der Waals surface area (Å²) in [6.45, 7) is 4.11. The third-order valence-corrected chi connectivity index (χ3v) is 5.39. The molecule has 24 heavy (non-hydrogen) atoms. The average Bonchev–Trinajstić information content (AvgIpc) is 2.90. The van der Waals surface area contributed by atoms with E-state index >= 15 is 0 Å². The van der Waals surface area contributed by atoms with Gasteiger partial charge in [0, 0.05) is 20.0 Å². The van der Waals surface area contributed by atoms with Crippen LogP contribution in [0, 0.1) is 0 Å². The largest absolute Gasteiger partial charge is 0.363 e. The number of fused-ring (bicyclic) bond motifs is 2. The highest BCUT2D eigenvalue weighted by atomic mass is 32.1. The smallest absolute Gasteiger partial charge is 0.223 e. The maximum atomic E-state index is 12.0. The zero-order chi connectivity index (χ0) is 16.5. The van der Waals surface area contributed by atoms with Gasteiger partial charge in [-0.15, -0.1) is 11.3 Å². The van der Waals surface area contributed by atoms with Gasteiger partial charge in [-0.3, -0.25) is 4.79 Å². The van der Waals surface area contributed by atoms with Gasteiger partial charge in [-0.1, -0.05) is 24.3 Å². The van der Waals surface area contributed by atoms with Crippen LogP contribution in [0.1, 0.15) is 18.4 Å². The molecular formula is C19H19N3OS. The summed E-state index contributed by atoms with van der Waals surface area (Å²) in [5.74, 6) is 0.101. The molecule has 0 N–H and O–H groups in total. The lowest BCUT2D eigenvalue weighted by atomic mass is 10.2. The van der Waals surface area contributed by atoms with Gasteiger partial charge in [-0.05, 0) is 30.7 Å². The van der Waals surface area contributed by atoms with Crippen molar-refractivity contribution in [2.75, 3.05) is 22.9 Å². The normalized spacial score (nSPS) is 14.5. The van der Waals surface area contributed by atoms with Crippen LogP contribution >= 0.6 is 11.3 Å². The molecule has 3 aromatic rings. The second-order valence-electron chi connectivity index (χ2n) is 6.01. The van der Waals surface area contributed by atoms with E-state index in [1.165, 1.54) is 4.70 Å². The molecule has 0 fully saturated rings. The number of aromatic nitrogens is 1. The number of hydrogen-bond acceptors (Lipinski definition) is 4. The highest BCUT2D eigenvalue weighted by Gasteiger charge is 2.23. The van der Waals surface area contributed by atoms with Crippen molar-refractivity contribution in [1.29, 1.82) is 0 Å². The van der Waals surface area contributed by atoms with Gasteiger partial charge in [0.05, 0.1) is 28.1 Å². The predicted octanol–water partition coefficient (Wildman–Crippen LogP) is 4.06. The maximum Gasteiger partial charge on any atom is 0.223 e. The van der Waals surface area contributed by atoms with Crippen molar-refractivity contribution in [2.24, 2.45) is 0 Å². The first kappa shape index (κ1) is 15.1. The van der Waals surface area contributed by atoms with Gasteiger partial charge in [0.25, 0.3) is 0 Å². The molecule has 1 amide bonds. The van der Waals surface area contributed by atoms with Gasteiger partial charge in [0.1, 0.15) is 5.01 Å². The van der Waals surface area contributed by atoms with Gasteiger partial charge in [0.2, 0.25) is 5.91 Å². The molecule has 0 atom stereocenters. The highest BCUT2D eigenvalue weighted by Crippen LogP contribution is 2.34. The van der Waals surface area contributed by atoms with Crippen molar-refractivity contribution in [1.82, 2.24) is 4.98 Å². The number of thiazole rings is 1. The fraction of sp³-hybridized carbons (Fsp3) is 0.263. The number of carbonyl (C=O) groups excluding carboxylic acids is 1. The van der Waals surface area contributed by atoms with Crippen LogP contribution in [-0.4, -0.2) is 24.0 Å². The second kappa shape index (κ2) is 6.24. The summed E-state index contributed by atoms with van der Waals surface area (Å²) < 4.78 is 1.22. The molecule has 0 spiro atoms. The van der Waals surface area contributed by atoms with Crippen LogP contribution in [0.5, 0.6) is 0 Å². The number of nitrogens with zero attached hydrogens (tertiary/aromatic N) is 3. The van der Waals surface area contributed by atoms with E-state index in [9.17, 15) is 4.79 Å². The zero-order valence-corrected chi connectivity index (χ0v) is 14.4. The topological polar surface area (TPSA) is 36.4 Å². The molecule has 4 rings (SSSR count). The van der Waals surface area contributed by atoms with Crippen LogP contribution < -0.4 is 9.80 Å². The molecule has 2 heterocycles. The van der Waals surface area contributed by atoms with Crippen LogP contribution in [0.25, 0.3) is 10.2 Å². The van der Waals surface area contributed by atoms with Crippen molar-refractivity contribution in [2.45, 2.75) is 19.9 Å². The summed E-state index contributed by atoms with van der Waals surface area (Å²) in [5.41, 5.74) is 3.18. The van der Waals surface area contributed by atoms with E-state index in [1.807, 2.05) is 29.2 Å². The molecule has 0 saturated heterocycles. The van der Waals surface area contributed by atoms with E-state index in [-0.39, 0.29) is 5.91 Å². The predicted molar refractivity (Wildman–Crippen MR) is 99.8 cm³/mol. The van der Waals surface area contributed by atoms with E-state index in [1.54, 1.807) is 18.3 Å². The zero-order valence-electron chi connectivity index (χ0n) is 13.6. The number of anilines is 2. The quantitative estimate of drug-likeness (QED) is 0.707. The van der Waals surface area contributed by atoms with E-state index < -0.39 is 0 Å². The molecule has 4 nitrogen and oxygen atoms in total. The molecule has 0 aliphatic carbocycles. The lowest BCUT2D eigenvalue weighted by molar-refractivity contribution is -0.116. The van der Waals surface area contributed by atoms with Gasteiger partial charge >= 0.3 is 0 Å². The molecule has 0 saturated carbocycles. The highest BCUT2D eigenvalue weighted by molar-refractivity contribution is 7.18. The Morgan fingerprint density at radius 1 is 1.08 bits per heavy atom. The van der Waals surface area contributed by atoms with E-state index in [2.05, 4.69) is 29.2 Å². The van der Waals surface area contributed by atoms with E-state index in [4.69, 9.17) is 4.98 Å².